The molecule has 3 rings (SSSR count). The highest BCUT2D eigenvalue weighted by Crippen LogP contribution is 2.28. The summed E-state index contributed by atoms with van der Waals surface area (Å²) in [6.07, 6.45) is 0. The third kappa shape index (κ3) is 4.09. The Hall–Kier alpha value is -3.46. The van der Waals surface area contributed by atoms with Crippen molar-refractivity contribution in [3.8, 4) is 5.75 Å². The summed E-state index contributed by atoms with van der Waals surface area (Å²) in [7, 11) is 1.32. The second-order valence-electron chi connectivity index (χ2n) is 6.05. The van der Waals surface area contributed by atoms with Crippen LogP contribution in [0.3, 0.4) is 0 Å². The number of carbonyl (C=O) groups is 2. The number of nitro benzene ring substituents is 1. The predicted octanol–water partition coefficient (Wildman–Crippen LogP) is 2.33. The number of amides is 2. The summed E-state index contributed by atoms with van der Waals surface area (Å²) in [4.78, 5) is 37.6. The van der Waals surface area contributed by atoms with Gasteiger partial charge >= 0.3 is 5.69 Å². The van der Waals surface area contributed by atoms with Crippen LogP contribution in [-0.2, 0) is 4.74 Å². The summed E-state index contributed by atoms with van der Waals surface area (Å²) in [5, 5.41) is 13.8. The number of nitrogens with one attached hydrogen (secondary N) is 1. The van der Waals surface area contributed by atoms with Crippen molar-refractivity contribution in [3.05, 3.63) is 63.7 Å². The number of ether oxygens (including phenoxy) is 2. The van der Waals surface area contributed by atoms with Crippen LogP contribution in [0.5, 0.6) is 5.75 Å². The first kappa shape index (κ1) is 19.3. The quantitative estimate of drug-likeness (QED) is 0.625. The standard InChI is InChI=1S/C19H19N3O6/c1-27-17-7-6-13(12-16(17)22(25)26)18(23)20-15-5-3-2-4-14(15)19(24)21-8-10-28-11-9-21/h2-7,12H,8-11H2,1H3,(H,20,23). The molecule has 0 radical (unpaired) electrons. The molecular formula is C19H19N3O6. The third-order valence-corrected chi connectivity index (χ3v) is 4.34. The summed E-state index contributed by atoms with van der Waals surface area (Å²) in [6.45, 7) is 1.89. The molecule has 0 saturated carbocycles. The van der Waals surface area contributed by atoms with Crippen molar-refractivity contribution in [2.45, 2.75) is 0 Å². The number of methoxy groups -OCH3 is 1. The Labute approximate surface area is 161 Å². The molecule has 28 heavy (non-hydrogen) atoms. The van der Waals surface area contributed by atoms with Crippen LogP contribution in [0.25, 0.3) is 0 Å². The maximum Gasteiger partial charge on any atom is 0.311 e. The molecule has 9 nitrogen and oxygen atoms in total. The maximum atomic E-state index is 12.8. The average Bonchev–Trinajstić information content (AvgIpc) is 2.73. The Morgan fingerprint density at radius 1 is 1.18 bits per heavy atom. The molecule has 1 heterocycles. The first-order valence-corrected chi connectivity index (χ1v) is 8.61. The first-order valence-electron chi connectivity index (χ1n) is 8.61. The molecule has 9 heteroatoms. The number of hydrogen-bond acceptors (Lipinski definition) is 6. The summed E-state index contributed by atoms with van der Waals surface area (Å²) in [5.41, 5.74) is 0.456. The van der Waals surface area contributed by atoms with Gasteiger partial charge in [0, 0.05) is 24.7 Å². The van der Waals surface area contributed by atoms with Crippen LogP contribution in [-0.4, -0.2) is 55.1 Å². The number of morpholine rings is 1. The number of benzene rings is 2. The SMILES string of the molecule is COc1ccc(C(=O)Nc2ccccc2C(=O)N2CCOCC2)cc1[N+](=O)[O-]. The van der Waals surface area contributed by atoms with Gasteiger partial charge < -0.3 is 19.7 Å². The second-order valence-corrected chi connectivity index (χ2v) is 6.05. The molecule has 146 valence electrons. The molecule has 2 aromatic carbocycles. The van der Waals surface area contributed by atoms with Crippen LogP contribution in [0.2, 0.25) is 0 Å². The van der Waals surface area contributed by atoms with Gasteiger partial charge in [0.15, 0.2) is 5.75 Å². The van der Waals surface area contributed by atoms with E-state index in [0.717, 1.165) is 6.07 Å². The molecule has 2 aromatic rings. The Morgan fingerprint density at radius 3 is 2.57 bits per heavy atom. The van der Waals surface area contributed by atoms with Crippen molar-refractivity contribution in [1.82, 2.24) is 4.90 Å². The normalized spacial score (nSPS) is 13.7. The van der Waals surface area contributed by atoms with Crippen LogP contribution in [0, 0.1) is 10.1 Å². The molecule has 0 aliphatic carbocycles. The van der Waals surface area contributed by atoms with Crippen LogP contribution in [0.15, 0.2) is 42.5 Å². The summed E-state index contributed by atoms with van der Waals surface area (Å²) in [6, 6.07) is 10.6. The minimum absolute atomic E-state index is 0.0597. The zero-order valence-electron chi connectivity index (χ0n) is 15.2. The van der Waals surface area contributed by atoms with Gasteiger partial charge in [-0.15, -0.1) is 0 Å². The molecule has 1 aliphatic heterocycles. The van der Waals surface area contributed by atoms with Gasteiger partial charge in [-0.2, -0.15) is 0 Å². The van der Waals surface area contributed by atoms with Crippen molar-refractivity contribution >= 4 is 23.2 Å². The smallest absolute Gasteiger partial charge is 0.311 e. The number of anilines is 1. The minimum Gasteiger partial charge on any atom is -0.490 e. The van der Waals surface area contributed by atoms with E-state index in [9.17, 15) is 19.7 Å². The van der Waals surface area contributed by atoms with Crippen molar-refractivity contribution in [1.29, 1.82) is 0 Å². The van der Waals surface area contributed by atoms with Crippen LogP contribution in [0.1, 0.15) is 20.7 Å². The van der Waals surface area contributed by atoms with E-state index >= 15 is 0 Å². The van der Waals surface area contributed by atoms with Crippen molar-refractivity contribution in [2.75, 3.05) is 38.7 Å². The molecule has 0 unspecified atom stereocenters. The number of nitro groups is 1. The van der Waals surface area contributed by atoms with Crippen LogP contribution >= 0.6 is 0 Å². The topological polar surface area (TPSA) is 111 Å². The molecule has 0 aromatic heterocycles. The molecule has 1 saturated heterocycles. The Kier molecular flexibility index (Phi) is 5.85. The van der Waals surface area contributed by atoms with Gasteiger partial charge in [-0.25, -0.2) is 0 Å². The molecule has 1 N–H and O–H groups in total. The molecule has 0 atom stereocenters. The van der Waals surface area contributed by atoms with E-state index in [1.54, 1.807) is 29.2 Å². The number of carbonyl (C=O) groups excluding carboxylic acids is 2. The van der Waals surface area contributed by atoms with Gasteiger partial charge in [0.1, 0.15) is 0 Å². The van der Waals surface area contributed by atoms with E-state index in [0.29, 0.717) is 37.6 Å². The van der Waals surface area contributed by atoms with Gasteiger partial charge in [-0.3, -0.25) is 19.7 Å². The van der Waals surface area contributed by atoms with Gasteiger partial charge in [0.05, 0.1) is 36.5 Å². The number of hydrogen-bond donors (Lipinski definition) is 1. The van der Waals surface area contributed by atoms with Crippen molar-refractivity contribution < 1.29 is 24.0 Å². The summed E-state index contributed by atoms with van der Waals surface area (Å²) >= 11 is 0. The van der Waals surface area contributed by atoms with Gasteiger partial charge in [-0.05, 0) is 24.3 Å². The molecule has 2 amide bonds. The number of rotatable bonds is 5. The largest absolute Gasteiger partial charge is 0.490 e. The Morgan fingerprint density at radius 2 is 1.89 bits per heavy atom. The third-order valence-electron chi connectivity index (χ3n) is 4.34. The van der Waals surface area contributed by atoms with Gasteiger partial charge in [0.2, 0.25) is 0 Å². The fourth-order valence-corrected chi connectivity index (χ4v) is 2.88. The Balaban J connectivity index is 1.84. The average molecular weight is 385 g/mol. The highest BCUT2D eigenvalue weighted by molar-refractivity contribution is 6.09. The second kappa shape index (κ2) is 8.49. The zero-order valence-corrected chi connectivity index (χ0v) is 15.2. The monoisotopic (exact) mass is 385 g/mol. The lowest BCUT2D eigenvalue weighted by Crippen LogP contribution is -2.41. The van der Waals surface area contributed by atoms with E-state index < -0.39 is 10.8 Å². The summed E-state index contributed by atoms with van der Waals surface area (Å²) < 4.78 is 10.2. The van der Waals surface area contributed by atoms with Gasteiger partial charge in [0.25, 0.3) is 11.8 Å². The van der Waals surface area contributed by atoms with E-state index in [-0.39, 0.29) is 22.9 Å². The summed E-state index contributed by atoms with van der Waals surface area (Å²) in [5.74, 6) is -0.711. The fraction of sp³-hybridized carbons (Fsp3) is 0.263. The van der Waals surface area contributed by atoms with Crippen LogP contribution < -0.4 is 10.1 Å². The lowest BCUT2D eigenvalue weighted by molar-refractivity contribution is -0.385. The van der Waals surface area contributed by atoms with Gasteiger partial charge in [-0.1, -0.05) is 12.1 Å². The molecule has 0 bridgehead atoms. The van der Waals surface area contributed by atoms with E-state index in [2.05, 4.69) is 5.32 Å². The fourth-order valence-electron chi connectivity index (χ4n) is 2.88. The number of para-hydroxylation sites is 1. The lowest BCUT2D eigenvalue weighted by atomic mass is 10.1. The Bertz CT molecular complexity index is 908. The maximum absolute atomic E-state index is 12.8. The zero-order chi connectivity index (χ0) is 20.1. The van der Waals surface area contributed by atoms with Crippen molar-refractivity contribution in [2.24, 2.45) is 0 Å². The predicted molar refractivity (Wildman–Crippen MR) is 101 cm³/mol. The highest BCUT2D eigenvalue weighted by Gasteiger charge is 2.23. The van der Waals surface area contributed by atoms with Crippen LogP contribution in [0.4, 0.5) is 11.4 Å². The van der Waals surface area contributed by atoms with E-state index in [1.165, 1.54) is 19.2 Å². The number of nitrogens with zero attached hydrogens (tertiary/aromatic N) is 2. The van der Waals surface area contributed by atoms with E-state index in [1.807, 2.05) is 0 Å². The first-order chi connectivity index (χ1) is 13.5. The van der Waals surface area contributed by atoms with E-state index in [4.69, 9.17) is 9.47 Å². The molecule has 0 spiro atoms. The molecule has 1 fully saturated rings. The molecule has 1 aliphatic rings. The molecular weight excluding hydrogens is 366 g/mol. The van der Waals surface area contributed by atoms with Crippen molar-refractivity contribution in [3.63, 3.8) is 0 Å². The lowest BCUT2D eigenvalue weighted by Gasteiger charge is -2.27. The highest BCUT2D eigenvalue weighted by atomic mass is 16.6. The minimum atomic E-state index is -0.620.